The number of nitrogens with zero attached hydrogens (tertiary/aromatic N) is 2. The van der Waals surface area contributed by atoms with Gasteiger partial charge in [-0.05, 0) is 31.5 Å². The largest absolute Gasteiger partial charge is 0.326 e. The van der Waals surface area contributed by atoms with Gasteiger partial charge in [0.1, 0.15) is 0 Å². The molecule has 2 unspecified atom stereocenters. The molecule has 0 amide bonds. The molecule has 0 aliphatic rings. The molecular formula is C17H19N3. The van der Waals surface area contributed by atoms with Crippen LogP contribution in [0.15, 0.2) is 54.9 Å². The third-order valence-electron chi connectivity index (χ3n) is 3.70. The van der Waals surface area contributed by atoms with Gasteiger partial charge in [-0.2, -0.15) is 0 Å². The van der Waals surface area contributed by atoms with E-state index in [0.717, 1.165) is 11.0 Å². The lowest BCUT2D eigenvalue weighted by atomic mass is 9.99. The lowest BCUT2D eigenvalue weighted by Crippen LogP contribution is -2.29. The van der Waals surface area contributed by atoms with E-state index in [1.807, 2.05) is 31.5 Å². The van der Waals surface area contributed by atoms with E-state index in [-0.39, 0.29) is 12.1 Å². The molecular weight excluding hydrogens is 246 g/mol. The van der Waals surface area contributed by atoms with Crippen molar-refractivity contribution in [2.75, 3.05) is 0 Å². The summed E-state index contributed by atoms with van der Waals surface area (Å²) in [6.07, 6.45) is 1.89. The number of hydrogen-bond acceptors (Lipinski definition) is 2. The van der Waals surface area contributed by atoms with Gasteiger partial charge >= 0.3 is 0 Å². The van der Waals surface area contributed by atoms with Crippen molar-refractivity contribution in [1.29, 1.82) is 0 Å². The maximum absolute atomic E-state index is 6.24. The number of para-hydroxylation sites is 2. The van der Waals surface area contributed by atoms with Crippen molar-refractivity contribution < 1.29 is 0 Å². The molecule has 0 aliphatic heterocycles. The molecule has 2 aromatic carbocycles. The third kappa shape index (κ3) is 2.21. The predicted molar refractivity (Wildman–Crippen MR) is 82.7 cm³/mol. The van der Waals surface area contributed by atoms with Crippen LogP contribution in [0.5, 0.6) is 0 Å². The molecule has 102 valence electrons. The number of aryl methyl sites for hydroxylation is 1. The topological polar surface area (TPSA) is 43.8 Å². The minimum absolute atomic E-state index is 0.00955. The molecule has 3 aromatic rings. The van der Waals surface area contributed by atoms with Crippen LogP contribution in [0.25, 0.3) is 11.0 Å². The van der Waals surface area contributed by atoms with Gasteiger partial charge in [-0.1, -0.05) is 42.0 Å². The highest BCUT2D eigenvalue weighted by Gasteiger charge is 2.19. The molecule has 3 nitrogen and oxygen atoms in total. The van der Waals surface area contributed by atoms with Crippen molar-refractivity contribution in [3.8, 4) is 0 Å². The Kier molecular flexibility index (Phi) is 3.28. The number of rotatable bonds is 3. The molecule has 2 atom stereocenters. The Labute approximate surface area is 119 Å². The highest BCUT2D eigenvalue weighted by Crippen LogP contribution is 2.26. The van der Waals surface area contributed by atoms with Gasteiger partial charge in [0.2, 0.25) is 0 Å². The van der Waals surface area contributed by atoms with E-state index < -0.39 is 0 Å². The number of benzene rings is 2. The quantitative estimate of drug-likeness (QED) is 0.789. The first-order valence-corrected chi connectivity index (χ1v) is 6.90. The van der Waals surface area contributed by atoms with Crippen LogP contribution >= 0.6 is 0 Å². The zero-order chi connectivity index (χ0) is 14.1. The second kappa shape index (κ2) is 5.10. The first kappa shape index (κ1) is 12.9. The predicted octanol–water partition coefficient (Wildman–Crippen LogP) is 3.28. The Balaban J connectivity index is 2.13. The van der Waals surface area contributed by atoms with Crippen LogP contribution in [0.2, 0.25) is 0 Å². The smallest absolute Gasteiger partial charge is 0.0964 e. The van der Waals surface area contributed by atoms with E-state index in [2.05, 4.69) is 46.8 Å². The summed E-state index contributed by atoms with van der Waals surface area (Å²) in [5.74, 6) is 0. The lowest BCUT2D eigenvalue weighted by molar-refractivity contribution is 0.507. The number of fused-ring (bicyclic) bond motifs is 1. The molecule has 3 rings (SSSR count). The van der Waals surface area contributed by atoms with Gasteiger partial charge in [-0.3, -0.25) is 0 Å². The number of nitrogens with two attached hydrogens (primary N) is 1. The molecule has 2 N–H and O–H groups in total. The average Bonchev–Trinajstić information content (AvgIpc) is 2.85. The molecule has 0 radical (unpaired) electrons. The molecule has 20 heavy (non-hydrogen) atoms. The molecule has 3 heteroatoms. The Morgan fingerprint density at radius 1 is 1.05 bits per heavy atom. The van der Waals surface area contributed by atoms with Crippen molar-refractivity contribution in [2.24, 2.45) is 5.73 Å². The minimum Gasteiger partial charge on any atom is -0.326 e. The maximum atomic E-state index is 6.24. The highest BCUT2D eigenvalue weighted by molar-refractivity contribution is 5.75. The molecule has 0 saturated heterocycles. The summed E-state index contributed by atoms with van der Waals surface area (Å²) < 4.78 is 2.17. The summed E-state index contributed by atoms with van der Waals surface area (Å²) in [4.78, 5) is 4.47. The molecule has 0 bridgehead atoms. The molecule has 0 aliphatic carbocycles. The highest BCUT2D eigenvalue weighted by atomic mass is 15.1. The average molecular weight is 265 g/mol. The van der Waals surface area contributed by atoms with Crippen LogP contribution in [0.3, 0.4) is 0 Å². The van der Waals surface area contributed by atoms with E-state index >= 15 is 0 Å². The molecule has 0 saturated carbocycles. The van der Waals surface area contributed by atoms with Crippen molar-refractivity contribution >= 4 is 11.0 Å². The second-order valence-electron chi connectivity index (χ2n) is 5.36. The van der Waals surface area contributed by atoms with Gasteiger partial charge in [-0.25, -0.2) is 4.98 Å². The summed E-state index contributed by atoms with van der Waals surface area (Å²) in [7, 11) is 0. The van der Waals surface area contributed by atoms with Crippen molar-refractivity contribution in [3.63, 3.8) is 0 Å². The van der Waals surface area contributed by atoms with E-state index in [1.165, 1.54) is 11.1 Å². The molecule has 0 spiro atoms. The summed E-state index contributed by atoms with van der Waals surface area (Å²) in [5, 5.41) is 0. The lowest BCUT2D eigenvalue weighted by Gasteiger charge is -2.24. The third-order valence-corrected chi connectivity index (χ3v) is 3.70. The summed E-state index contributed by atoms with van der Waals surface area (Å²) in [6, 6.07) is 16.8. The Bertz CT molecular complexity index is 710. The fourth-order valence-corrected chi connectivity index (χ4v) is 2.68. The summed E-state index contributed by atoms with van der Waals surface area (Å²) in [6.45, 7) is 4.14. The van der Waals surface area contributed by atoms with Crippen LogP contribution in [0.1, 0.15) is 24.1 Å². The van der Waals surface area contributed by atoms with Gasteiger partial charge in [-0.15, -0.1) is 0 Å². The zero-order valence-electron chi connectivity index (χ0n) is 11.8. The summed E-state index contributed by atoms with van der Waals surface area (Å²) in [5.41, 5.74) is 10.8. The SMILES string of the molecule is Cc1ccc(C(C(C)N)n2cnc3ccccc32)cc1. The Morgan fingerprint density at radius 2 is 1.75 bits per heavy atom. The van der Waals surface area contributed by atoms with E-state index in [0.29, 0.717) is 0 Å². The molecule has 1 aromatic heterocycles. The van der Waals surface area contributed by atoms with Crippen LogP contribution in [-0.2, 0) is 0 Å². The standard InChI is InChI=1S/C17H19N3/c1-12-7-9-14(10-8-12)17(13(2)18)20-11-19-15-5-3-4-6-16(15)20/h3-11,13,17H,18H2,1-2H3. The van der Waals surface area contributed by atoms with Gasteiger partial charge in [0.05, 0.1) is 23.4 Å². The fourth-order valence-electron chi connectivity index (χ4n) is 2.68. The number of imidazole rings is 1. The Morgan fingerprint density at radius 3 is 2.45 bits per heavy atom. The van der Waals surface area contributed by atoms with Crippen molar-refractivity contribution in [2.45, 2.75) is 25.9 Å². The molecule has 1 heterocycles. The molecule has 0 fully saturated rings. The minimum atomic E-state index is 0.00955. The van der Waals surface area contributed by atoms with Crippen LogP contribution in [-0.4, -0.2) is 15.6 Å². The van der Waals surface area contributed by atoms with E-state index in [9.17, 15) is 0 Å². The monoisotopic (exact) mass is 265 g/mol. The van der Waals surface area contributed by atoms with Crippen LogP contribution < -0.4 is 5.73 Å². The second-order valence-corrected chi connectivity index (χ2v) is 5.36. The zero-order valence-corrected chi connectivity index (χ0v) is 11.8. The Hall–Kier alpha value is -2.13. The van der Waals surface area contributed by atoms with Crippen LogP contribution in [0, 0.1) is 6.92 Å². The van der Waals surface area contributed by atoms with E-state index in [4.69, 9.17) is 5.73 Å². The van der Waals surface area contributed by atoms with Gasteiger partial charge in [0.25, 0.3) is 0 Å². The van der Waals surface area contributed by atoms with Crippen molar-refractivity contribution in [3.05, 3.63) is 66.0 Å². The van der Waals surface area contributed by atoms with Gasteiger partial charge < -0.3 is 10.3 Å². The van der Waals surface area contributed by atoms with Crippen molar-refractivity contribution in [1.82, 2.24) is 9.55 Å². The maximum Gasteiger partial charge on any atom is 0.0964 e. The van der Waals surface area contributed by atoms with Gasteiger partial charge in [0.15, 0.2) is 0 Å². The van der Waals surface area contributed by atoms with E-state index in [1.54, 1.807) is 0 Å². The first-order chi connectivity index (χ1) is 9.66. The fraction of sp³-hybridized carbons (Fsp3) is 0.235. The first-order valence-electron chi connectivity index (χ1n) is 6.90. The summed E-state index contributed by atoms with van der Waals surface area (Å²) >= 11 is 0. The number of hydrogen-bond donors (Lipinski definition) is 1. The van der Waals surface area contributed by atoms with Gasteiger partial charge in [0, 0.05) is 6.04 Å². The normalized spacial score (nSPS) is 14.3. The number of aromatic nitrogens is 2. The van der Waals surface area contributed by atoms with Crippen LogP contribution in [0.4, 0.5) is 0 Å².